The number of hydrogen-bond acceptors (Lipinski definition) is 2. The van der Waals surface area contributed by atoms with Crippen molar-refractivity contribution < 1.29 is 4.79 Å². The molecule has 1 amide bonds. The van der Waals surface area contributed by atoms with Gasteiger partial charge in [-0.25, -0.2) is 0 Å². The molecule has 3 heteroatoms. The Labute approximate surface area is 81.1 Å². The summed E-state index contributed by atoms with van der Waals surface area (Å²) >= 11 is 0. The Morgan fingerprint density at radius 1 is 1.38 bits per heavy atom. The number of carbonyl (C=O) groups is 1. The minimum Gasteiger partial charge on any atom is -0.368 e. The van der Waals surface area contributed by atoms with Crippen molar-refractivity contribution in [3.8, 4) is 0 Å². The first kappa shape index (κ1) is 12.4. The maximum atomic E-state index is 11.3. The Morgan fingerprint density at radius 3 is 2.08 bits per heavy atom. The van der Waals surface area contributed by atoms with Crippen LogP contribution in [0.2, 0.25) is 0 Å². The van der Waals surface area contributed by atoms with Gasteiger partial charge in [0.2, 0.25) is 5.91 Å². The van der Waals surface area contributed by atoms with E-state index in [0.717, 1.165) is 19.3 Å². The molecule has 0 fully saturated rings. The quantitative estimate of drug-likeness (QED) is 0.659. The van der Waals surface area contributed by atoms with Crippen molar-refractivity contribution in [1.29, 1.82) is 0 Å². The number of nitrogens with one attached hydrogen (secondary N) is 1. The van der Waals surface area contributed by atoms with Gasteiger partial charge in [-0.3, -0.25) is 4.79 Å². The first-order chi connectivity index (χ1) is 6.02. The summed E-state index contributed by atoms with van der Waals surface area (Å²) in [6, 6.07) is 0.340. The smallest absolute Gasteiger partial charge is 0.237 e. The van der Waals surface area contributed by atoms with E-state index >= 15 is 0 Å². The van der Waals surface area contributed by atoms with Crippen LogP contribution in [0.3, 0.4) is 0 Å². The van der Waals surface area contributed by atoms with E-state index in [0.29, 0.717) is 6.04 Å². The van der Waals surface area contributed by atoms with Crippen LogP contribution in [0.1, 0.15) is 47.0 Å². The molecule has 0 aliphatic heterocycles. The van der Waals surface area contributed by atoms with Gasteiger partial charge in [-0.1, -0.05) is 20.8 Å². The summed E-state index contributed by atoms with van der Waals surface area (Å²) in [5, 5.41) is 3.30. The minimum absolute atomic E-state index is 0.238. The molecular weight excluding hydrogens is 164 g/mol. The van der Waals surface area contributed by atoms with Crippen molar-refractivity contribution in [3.63, 3.8) is 0 Å². The highest BCUT2D eigenvalue weighted by atomic mass is 16.1. The molecule has 0 aliphatic carbocycles. The summed E-state index contributed by atoms with van der Waals surface area (Å²) < 4.78 is 0. The zero-order valence-electron chi connectivity index (χ0n) is 9.18. The van der Waals surface area contributed by atoms with Crippen LogP contribution in [0.5, 0.6) is 0 Å². The number of amides is 1. The molecule has 0 radical (unpaired) electrons. The number of carbonyl (C=O) groups excluding carboxylic acids is 1. The second-order valence-electron chi connectivity index (χ2n) is 3.61. The molecule has 0 aromatic carbocycles. The molecule has 0 aliphatic rings. The highest BCUT2D eigenvalue weighted by molar-refractivity contribution is 5.84. The molecule has 1 unspecified atom stereocenters. The number of nitrogens with two attached hydrogens (primary N) is 1. The molecule has 0 saturated heterocycles. The molecule has 3 N–H and O–H groups in total. The Morgan fingerprint density at radius 2 is 1.85 bits per heavy atom. The molecule has 0 spiro atoms. The van der Waals surface area contributed by atoms with Gasteiger partial charge in [0, 0.05) is 6.04 Å². The maximum absolute atomic E-state index is 11.3. The number of rotatable bonds is 6. The van der Waals surface area contributed by atoms with E-state index in [1.807, 2.05) is 13.8 Å². The predicted octanol–water partition coefficient (Wildman–Crippen LogP) is 1.42. The van der Waals surface area contributed by atoms with E-state index in [2.05, 4.69) is 19.2 Å². The van der Waals surface area contributed by atoms with E-state index < -0.39 is 5.54 Å². The lowest BCUT2D eigenvalue weighted by Crippen LogP contribution is -2.57. The highest BCUT2D eigenvalue weighted by Gasteiger charge is 2.33. The van der Waals surface area contributed by atoms with Crippen LogP contribution >= 0.6 is 0 Å². The van der Waals surface area contributed by atoms with Gasteiger partial charge in [-0.15, -0.1) is 0 Å². The van der Waals surface area contributed by atoms with Gasteiger partial charge < -0.3 is 11.1 Å². The van der Waals surface area contributed by atoms with Crippen LogP contribution in [0.4, 0.5) is 0 Å². The third-order valence-corrected chi connectivity index (χ3v) is 2.81. The lowest BCUT2D eigenvalue weighted by atomic mass is 9.91. The monoisotopic (exact) mass is 186 g/mol. The van der Waals surface area contributed by atoms with Gasteiger partial charge in [0.15, 0.2) is 0 Å². The average Bonchev–Trinajstić information content (AvgIpc) is 2.13. The standard InChI is InChI=1S/C10H22N2O/c1-5-8(4)12-10(6-2,7-3)9(11)13/h8,12H,5-7H2,1-4H3,(H2,11,13). The molecule has 1 atom stereocenters. The zero-order chi connectivity index (χ0) is 10.5. The van der Waals surface area contributed by atoms with Crippen molar-refractivity contribution in [1.82, 2.24) is 5.32 Å². The van der Waals surface area contributed by atoms with Gasteiger partial charge in [0.25, 0.3) is 0 Å². The predicted molar refractivity (Wildman–Crippen MR) is 55.4 cm³/mol. The van der Waals surface area contributed by atoms with Gasteiger partial charge in [0.1, 0.15) is 0 Å². The molecule has 0 aromatic rings. The zero-order valence-corrected chi connectivity index (χ0v) is 9.18. The molecule has 0 rings (SSSR count). The maximum Gasteiger partial charge on any atom is 0.237 e. The third kappa shape index (κ3) is 2.99. The normalized spacial score (nSPS) is 14.2. The summed E-state index contributed by atoms with van der Waals surface area (Å²) in [4.78, 5) is 11.3. The molecule has 13 heavy (non-hydrogen) atoms. The first-order valence-electron chi connectivity index (χ1n) is 5.10. The largest absolute Gasteiger partial charge is 0.368 e. The van der Waals surface area contributed by atoms with Crippen molar-refractivity contribution in [2.75, 3.05) is 0 Å². The van der Waals surface area contributed by atoms with Gasteiger partial charge in [-0.2, -0.15) is 0 Å². The van der Waals surface area contributed by atoms with E-state index in [1.165, 1.54) is 0 Å². The summed E-state index contributed by atoms with van der Waals surface area (Å²) in [6.07, 6.45) is 2.52. The van der Waals surface area contributed by atoms with Gasteiger partial charge in [0.05, 0.1) is 5.54 Å². The summed E-state index contributed by atoms with van der Waals surface area (Å²) in [5.74, 6) is -0.238. The summed E-state index contributed by atoms with van der Waals surface area (Å²) in [7, 11) is 0. The fourth-order valence-electron chi connectivity index (χ4n) is 1.45. The number of primary amides is 1. The average molecular weight is 186 g/mol. The van der Waals surface area contributed by atoms with E-state index in [1.54, 1.807) is 0 Å². The SMILES string of the molecule is CCC(C)NC(CC)(CC)C(N)=O. The van der Waals surface area contributed by atoms with Gasteiger partial charge in [-0.05, 0) is 26.2 Å². The fraction of sp³-hybridized carbons (Fsp3) is 0.900. The summed E-state index contributed by atoms with van der Waals surface area (Å²) in [6.45, 7) is 8.14. The van der Waals surface area contributed by atoms with Crippen LogP contribution in [0.25, 0.3) is 0 Å². The Hall–Kier alpha value is -0.570. The van der Waals surface area contributed by atoms with E-state index in [-0.39, 0.29) is 5.91 Å². The Kier molecular flexibility index (Phi) is 4.99. The van der Waals surface area contributed by atoms with Crippen molar-refractivity contribution in [2.45, 2.75) is 58.5 Å². The Bertz CT molecular complexity index is 164. The fourth-order valence-corrected chi connectivity index (χ4v) is 1.45. The van der Waals surface area contributed by atoms with Crippen LogP contribution in [0.15, 0.2) is 0 Å². The molecule has 78 valence electrons. The molecule has 0 bridgehead atoms. The molecule has 0 heterocycles. The lowest BCUT2D eigenvalue weighted by molar-refractivity contribution is -0.125. The van der Waals surface area contributed by atoms with Crippen LogP contribution in [-0.2, 0) is 4.79 Å². The topological polar surface area (TPSA) is 55.1 Å². The van der Waals surface area contributed by atoms with Crippen LogP contribution in [-0.4, -0.2) is 17.5 Å². The summed E-state index contributed by atoms with van der Waals surface area (Å²) in [5.41, 5.74) is 4.89. The third-order valence-electron chi connectivity index (χ3n) is 2.81. The Balaban J connectivity index is 4.48. The highest BCUT2D eigenvalue weighted by Crippen LogP contribution is 2.15. The second kappa shape index (κ2) is 5.22. The molecular formula is C10H22N2O. The first-order valence-corrected chi connectivity index (χ1v) is 5.10. The number of hydrogen-bond donors (Lipinski definition) is 2. The van der Waals surface area contributed by atoms with Crippen molar-refractivity contribution in [3.05, 3.63) is 0 Å². The van der Waals surface area contributed by atoms with Crippen molar-refractivity contribution in [2.24, 2.45) is 5.73 Å². The molecule has 0 aromatic heterocycles. The van der Waals surface area contributed by atoms with Crippen molar-refractivity contribution >= 4 is 5.91 Å². The van der Waals surface area contributed by atoms with Crippen LogP contribution < -0.4 is 11.1 Å². The van der Waals surface area contributed by atoms with E-state index in [4.69, 9.17) is 5.73 Å². The molecule has 0 saturated carbocycles. The second-order valence-corrected chi connectivity index (χ2v) is 3.61. The van der Waals surface area contributed by atoms with Gasteiger partial charge >= 0.3 is 0 Å². The lowest BCUT2D eigenvalue weighted by Gasteiger charge is -2.32. The molecule has 3 nitrogen and oxygen atoms in total. The van der Waals surface area contributed by atoms with E-state index in [9.17, 15) is 4.79 Å². The minimum atomic E-state index is -0.505. The van der Waals surface area contributed by atoms with Crippen LogP contribution in [0, 0.1) is 0 Å².